The maximum atomic E-state index is 4.51. The van der Waals surface area contributed by atoms with Gasteiger partial charge >= 0.3 is 0 Å². The summed E-state index contributed by atoms with van der Waals surface area (Å²) in [5.41, 5.74) is 9.45. The number of benzene rings is 3. The molecule has 4 aromatic rings. The summed E-state index contributed by atoms with van der Waals surface area (Å²) in [4.78, 5) is 11.9. The zero-order valence-electron chi connectivity index (χ0n) is 21.3. The molecule has 2 N–H and O–H groups in total. The van der Waals surface area contributed by atoms with Crippen molar-refractivity contribution >= 4 is 5.84 Å². The molecule has 1 aromatic heterocycles. The summed E-state index contributed by atoms with van der Waals surface area (Å²) < 4.78 is 0. The standard InChI is InChI=1S/C18H20N2.C13H16N2/c1-14(18-19-11-12-20-18)17-9-7-16(8-10-17)13-15-5-3-2-4-6-15;1-9-6-10(2)12(11(3)7-9)8-13-14-4-5-15-13/h2-10,14H,11-13H2,1H3,(H,19,20);4-7H,8H2,1-3H3,(H,14,15). The van der Waals surface area contributed by atoms with Crippen LogP contribution in [0.4, 0.5) is 0 Å². The molecule has 1 atom stereocenters. The number of aryl methyl sites for hydroxylation is 3. The van der Waals surface area contributed by atoms with E-state index in [-0.39, 0.29) is 0 Å². The number of amidine groups is 1. The Hall–Kier alpha value is -3.66. The first-order valence-corrected chi connectivity index (χ1v) is 12.5. The van der Waals surface area contributed by atoms with Crippen LogP contribution in [0.2, 0.25) is 0 Å². The average molecular weight is 465 g/mol. The van der Waals surface area contributed by atoms with Gasteiger partial charge in [0.25, 0.3) is 0 Å². The van der Waals surface area contributed by atoms with Crippen LogP contribution in [0, 0.1) is 20.8 Å². The van der Waals surface area contributed by atoms with Crippen LogP contribution in [0.25, 0.3) is 0 Å². The van der Waals surface area contributed by atoms with Gasteiger partial charge in [-0.3, -0.25) is 4.99 Å². The van der Waals surface area contributed by atoms with Gasteiger partial charge in [-0.2, -0.15) is 0 Å². The Kier molecular flexibility index (Phi) is 8.15. The minimum Gasteiger partial charge on any atom is -0.371 e. The molecule has 0 saturated heterocycles. The summed E-state index contributed by atoms with van der Waals surface area (Å²) >= 11 is 0. The SMILES string of the molecule is CC(C1=NCCN1)c1ccc(Cc2ccccc2)cc1.Cc1cc(C)c(Cc2ncc[nH]2)c(C)c1. The molecule has 0 saturated carbocycles. The largest absolute Gasteiger partial charge is 0.371 e. The van der Waals surface area contributed by atoms with Crippen LogP contribution in [0.3, 0.4) is 0 Å². The predicted molar refractivity (Wildman–Crippen MR) is 146 cm³/mol. The molecule has 4 heteroatoms. The van der Waals surface area contributed by atoms with Gasteiger partial charge in [-0.25, -0.2) is 4.98 Å². The smallest absolute Gasteiger partial charge is 0.110 e. The minimum atomic E-state index is 0.364. The van der Waals surface area contributed by atoms with Gasteiger partial charge in [-0.1, -0.05) is 79.2 Å². The van der Waals surface area contributed by atoms with Crippen LogP contribution >= 0.6 is 0 Å². The summed E-state index contributed by atoms with van der Waals surface area (Å²) in [5, 5.41) is 3.36. The highest BCUT2D eigenvalue weighted by Gasteiger charge is 2.15. The van der Waals surface area contributed by atoms with Crippen LogP contribution in [0.5, 0.6) is 0 Å². The van der Waals surface area contributed by atoms with Crippen molar-refractivity contribution < 1.29 is 0 Å². The summed E-state index contributed by atoms with van der Waals surface area (Å²) in [6, 6.07) is 24.0. The lowest BCUT2D eigenvalue weighted by atomic mass is 9.97. The number of hydrogen-bond donors (Lipinski definition) is 2. The number of nitrogens with zero attached hydrogens (tertiary/aromatic N) is 2. The first-order valence-electron chi connectivity index (χ1n) is 12.5. The zero-order valence-corrected chi connectivity index (χ0v) is 21.3. The molecule has 1 aliphatic rings. The van der Waals surface area contributed by atoms with Gasteiger partial charge < -0.3 is 10.3 Å². The third kappa shape index (κ3) is 6.69. The lowest BCUT2D eigenvalue weighted by molar-refractivity contribution is 0.918. The third-order valence-corrected chi connectivity index (χ3v) is 6.58. The van der Waals surface area contributed by atoms with E-state index in [0.29, 0.717) is 5.92 Å². The Labute approximate surface area is 209 Å². The molecule has 2 heterocycles. The molecule has 3 aromatic carbocycles. The van der Waals surface area contributed by atoms with Crippen molar-refractivity contribution in [3.63, 3.8) is 0 Å². The van der Waals surface area contributed by atoms with Crippen LogP contribution in [0.15, 0.2) is 84.1 Å². The topological polar surface area (TPSA) is 53.1 Å². The summed E-state index contributed by atoms with van der Waals surface area (Å²) in [5.74, 6) is 2.52. The van der Waals surface area contributed by atoms with Crippen LogP contribution in [-0.2, 0) is 12.8 Å². The molecule has 4 nitrogen and oxygen atoms in total. The lowest BCUT2D eigenvalue weighted by Gasteiger charge is -2.13. The van der Waals surface area contributed by atoms with Gasteiger partial charge in [0.2, 0.25) is 0 Å². The van der Waals surface area contributed by atoms with Crippen molar-refractivity contribution in [1.29, 1.82) is 0 Å². The van der Waals surface area contributed by atoms with E-state index in [4.69, 9.17) is 0 Å². The molecule has 0 bridgehead atoms. The number of nitrogens with one attached hydrogen (secondary N) is 2. The van der Waals surface area contributed by atoms with Gasteiger partial charge in [0, 0.05) is 31.3 Å². The van der Waals surface area contributed by atoms with Crippen molar-refractivity contribution in [3.8, 4) is 0 Å². The Morgan fingerprint density at radius 3 is 2.14 bits per heavy atom. The maximum Gasteiger partial charge on any atom is 0.110 e. The Balaban J connectivity index is 0.000000172. The lowest BCUT2D eigenvalue weighted by Crippen LogP contribution is -2.23. The van der Waals surface area contributed by atoms with E-state index in [0.717, 1.165) is 37.6 Å². The van der Waals surface area contributed by atoms with E-state index in [2.05, 4.69) is 115 Å². The number of hydrogen-bond acceptors (Lipinski definition) is 3. The Bertz CT molecular complexity index is 1220. The monoisotopic (exact) mass is 464 g/mol. The second-order valence-electron chi connectivity index (χ2n) is 9.41. The van der Waals surface area contributed by atoms with Crippen molar-refractivity contribution in [3.05, 3.63) is 124 Å². The molecular formula is C31H36N4. The second kappa shape index (κ2) is 11.7. The molecule has 180 valence electrons. The van der Waals surface area contributed by atoms with Gasteiger partial charge in [0.1, 0.15) is 11.7 Å². The van der Waals surface area contributed by atoms with E-state index in [1.165, 1.54) is 38.9 Å². The van der Waals surface area contributed by atoms with Gasteiger partial charge in [-0.15, -0.1) is 0 Å². The van der Waals surface area contributed by atoms with E-state index in [1.807, 2.05) is 6.20 Å². The number of H-pyrrole nitrogens is 1. The van der Waals surface area contributed by atoms with E-state index in [9.17, 15) is 0 Å². The number of aromatic nitrogens is 2. The average Bonchev–Trinajstić information content (AvgIpc) is 3.57. The van der Waals surface area contributed by atoms with E-state index < -0.39 is 0 Å². The fraction of sp³-hybridized carbons (Fsp3) is 0.290. The highest BCUT2D eigenvalue weighted by Crippen LogP contribution is 2.20. The number of aliphatic imine (C=N–C) groups is 1. The van der Waals surface area contributed by atoms with Gasteiger partial charge in [-0.05, 0) is 60.6 Å². The van der Waals surface area contributed by atoms with Crippen molar-refractivity contribution in [2.75, 3.05) is 13.1 Å². The maximum absolute atomic E-state index is 4.51. The molecule has 0 fully saturated rings. The number of imidazole rings is 1. The molecule has 35 heavy (non-hydrogen) atoms. The third-order valence-electron chi connectivity index (χ3n) is 6.58. The van der Waals surface area contributed by atoms with Crippen LogP contribution in [-0.4, -0.2) is 28.9 Å². The number of rotatable bonds is 6. The molecular weight excluding hydrogens is 428 g/mol. The molecule has 0 aliphatic carbocycles. The normalized spacial score (nSPS) is 13.4. The molecule has 5 rings (SSSR count). The zero-order chi connectivity index (χ0) is 24.6. The highest BCUT2D eigenvalue weighted by atomic mass is 15.1. The van der Waals surface area contributed by atoms with Crippen molar-refractivity contribution in [1.82, 2.24) is 15.3 Å². The summed E-state index contributed by atoms with van der Waals surface area (Å²) in [7, 11) is 0. The first kappa shape index (κ1) is 24.5. The van der Waals surface area contributed by atoms with Gasteiger partial charge in [0.15, 0.2) is 0 Å². The van der Waals surface area contributed by atoms with Gasteiger partial charge in [0.05, 0.1) is 6.54 Å². The quantitative estimate of drug-likeness (QED) is 0.351. The summed E-state index contributed by atoms with van der Waals surface area (Å²) in [6.45, 7) is 10.6. The Morgan fingerprint density at radius 2 is 1.54 bits per heavy atom. The molecule has 1 unspecified atom stereocenters. The second-order valence-corrected chi connectivity index (χ2v) is 9.41. The molecule has 0 radical (unpaired) electrons. The molecule has 0 amide bonds. The molecule has 1 aliphatic heterocycles. The molecule has 0 spiro atoms. The fourth-order valence-corrected chi connectivity index (χ4v) is 4.67. The van der Waals surface area contributed by atoms with Crippen LogP contribution < -0.4 is 5.32 Å². The van der Waals surface area contributed by atoms with Crippen molar-refractivity contribution in [2.24, 2.45) is 4.99 Å². The minimum absolute atomic E-state index is 0.364. The van der Waals surface area contributed by atoms with E-state index in [1.54, 1.807) is 6.20 Å². The van der Waals surface area contributed by atoms with Crippen LogP contribution in [0.1, 0.15) is 57.6 Å². The predicted octanol–water partition coefficient (Wildman–Crippen LogP) is 6.31. The highest BCUT2D eigenvalue weighted by molar-refractivity contribution is 5.89. The summed E-state index contributed by atoms with van der Waals surface area (Å²) in [6.07, 6.45) is 5.56. The fourth-order valence-electron chi connectivity index (χ4n) is 4.67. The Morgan fingerprint density at radius 1 is 0.857 bits per heavy atom. The number of aromatic amines is 1. The first-order chi connectivity index (χ1) is 17.0. The van der Waals surface area contributed by atoms with Crippen molar-refractivity contribution in [2.45, 2.75) is 46.5 Å². The van der Waals surface area contributed by atoms with E-state index >= 15 is 0 Å².